The summed E-state index contributed by atoms with van der Waals surface area (Å²) in [4.78, 5) is 11.9. The number of hydrazone groups is 1. The number of amides is 1. The van der Waals surface area contributed by atoms with Crippen LogP contribution < -0.4 is 10.1 Å². The molecule has 2 heterocycles. The zero-order valence-electron chi connectivity index (χ0n) is 16.0. The van der Waals surface area contributed by atoms with Gasteiger partial charge in [-0.2, -0.15) is 5.10 Å². The second-order valence-corrected chi connectivity index (χ2v) is 7.61. The quantitative estimate of drug-likeness (QED) is 0.759. The predicted molar refractivity (Wildman–Crippen MR) is 105 cm³/mol. The minimum atomic E-state index is 0.0970. The van der Waals surface area contributed by atoms with Gasteiger partial charge < -0.3 is 10.1 Å². The molecular weight excluding hydrogens is 326 g/mol. The Morgan fingerprint density at radius 3 is 2.77 bits per heavy atom. The van der Waals surface area contributed by atoms with E-state index in [-0.39, 0.29) is 11.9 Å². The van der Waals surface area contributed by atoms with Gasteiger partial charge in [-0.15, -0.1) is 0 Å². The van der Waals surface area contributed by atoms with Crippen LogP contribution in [0.15, 0.2) is 29.4 Å². The minimum absolute atomic E-state index is 0.0970. The summed E-state index contributed by atoms with van der Waals surface area (Å²) in [6, 6.07) is 8.22. The lowest BCUT2D eigenvalue weighted by molar-refractivity contribution is -0.133. The number of rotatable bonds is 7. The third-order valence-corrected chi connectivity index (χ3v) is 5.16. The molecule has 0 bridgehead atoms. The van der Waals surface area contributed by atoms with Gasteiger partial charge in [0.25, 0.3) is 0 Å². The van der Waals surface area contributed by atoms with Gasteiger partial charge in [-0.3, -0.25) is 4.79 Å². The predicted octanol–water partition coefficient (Wildman–Crippen LogP) is 3.58. The van der Waals surface area contributed by atoms with Crippen molar-refractivity contribution < 1.29 is 9.53 Å². The Balaban J connectivity index is 1.48. The van der Waals surface area contributed by atoms with Crippen LogP contribution in [0, 0.1) is 5.92 Å². The Morgan fingerprint density at radius 1 is 1.27 bits per heavy atom. The molecule has 2 aliphatic rings. The number of piperidine rings is 1. The number of hydrogen-bond acceptors (Lipinski definition) is 4. The number of ether oxygens (including phenoxy) is 1. The number of carbonyl (C=O) groups excluding carboxylic acids is 1. The van der Waals surface area contributed by atoms with Crippen LogP contribution in [0.1, 0.15) is 57.9 Å². The maximum absolute atomic E-state index is 11.9. The van der Waals surface area contributed by atoms with Crippen molar-refractivity contribution in [2.24, 2.45) is 11.0 Å². The summed E-state index contributed by atoms with van der Waals surface area (Å²) in [6.45, 7) is 7.09. The largest absolute Gasteiger partial charge is 0.494 e. The molecule has 142 valence electrons. The van der Waals surface area contributed by atoms with Gasteiger partial charge in [-0.1, -0.05) is 0 Å². The molecule has 0 aliphatic carbocycles. The molecule has 0 saturated carbocycles. The monoisotopic (exact) mass is 357 g/mol. The number of nitrogens with zero attached hydrogens (tertiary/aromatic N) is 2. The maximum Gasteiger partial charge on any atom is 0.243 e. The first-order valence-electron chi connectivity index (χ1n) is 9.97. The van der Waals surface area contributed by atoms with E-state index in [1.54, 1.807) is 5.01 Å². The normalized spacial score (nSPS) is 21.0. The molecule has 2 aliphatic heterocycles. The maximum atomic E-state index is 11.9. The van der Waals surface area contributed by atoms with Gasteiger partial charge in [-0.25, -0.2) is 5.01 Å². The van der Waals surface area contributed by atoms with E-state index in [4.69, 9.17) is 4.74 Å². The molecule has 26 heavy (non-hydrogen) atoms. The minimum Gasteiger partial charge on any atom is -0.494 e. The van der Waals surface area contributed by atoms with E-state index in [1.165, 1.54) is 25.8 Å². The molecule has 1 aromatic rings. The van der Waals surface area contributed by atoms with E-state index in [9.17, 15) is 4.79 Å². The zero-order chi connectivity index (χ0) is 18.4. The molecule has 1 amide bonds. The summed E-state index contributed by atoms with van der Waals surface area (Å²) in [5.74, 6) is 1.83. The standard InChI is InChI=1S/C21H31N3O2/c1-16(2)24-21(25)12-11-20(23-24)18-7-9-19(10-8-18)26-14-4-6-17-5-3-13-22-15-17/h7-10,16-17,22H,3-6,11-15H2,1-2H3. The van der Waals surface area contributed by atoms with Crippen molar-refractivity contribution in [2.45, 2.75) is 58.4 Å². The fourth-order valence-electron chi connectivity index (χ4n) is 3.66. The van der Waals surface area contributed by atoms with E-state index in [0.717, 1.165) is 42.5 Å². The molecule has 1 aromatic carbocycles. The lowest BCUT2D eigenvalue weighted by Gasteiger charge is -2.26. The van der Waals surface area contributed by atoms with Crippen molar-refractivity contribution in [3.05, 3.63) is 29.8 Å². The first-order chi connectivity index (χ1) is 12.6. The number of hydrogen-bond donors (Lipinski definition) is 1. The zero-order valence-corrected chi connectivity index (χ0v) is 16.0. The summed E-state index contributed by atoms with van der Waals surface area (Å²) in [5.41, 5.74) is 2.05. The highest BCUT2D eigenvalue weighted by Crippen LogP contribution is 2.20. The average molecular weight is 357 g/mol. The van der Waals surface area contributed by atoms with E-state index in [1.807, 2.05) is 38.1 Å². The first kappa shape index (κ1) is 18.9. The number of benzene rings is 1. The molecule has 1 fully saturated rings. The second kappa shape index (κ2) is 9.17. The average Bonchev–Trinajstić information content (AvgIpc) is 2.67. The Hall–Kier alpha value is -1.88. The highest BCUT2D eigenvalue weighted by atomic mass is 16.5. The van der Waals surface area contributed by atoms with Gasteiger partial charge in [0.1, 0.15) is 5.75 Å². The van der Waals surface area contributed by atoms with Gasteiger partial charge in [0.2, 0.25) is 5.91 Å². The Labute approximate surface area is 156 Å². The van der Waals surface area contributed by atoms with Crippen molar-refractivity contribution >= 4 is 11.6 Å². The Bertz CT molecular complexity index is 619. The van der Waals surface area contributed by atoms with Crippen LogP contribution in [-0.2, 0) is 4.79 Å². The van der Waals surface area contributed by atoms with Crippen LogP contribution in [0.4, 0.5) is 0 Å². The molecule has 0 spiro atoms. The molecule has 3 rings (SSSR count). The highest BCUT2D eigenvalue weighted by Gasteiger charge is 2.23. The van der Waals surface area contributed by atoms with Crippen molar-refractivity contribution in [2.75, 3.05) is 19.7 Å². The highest BCUT2D eigenvalue weighted by molar-refractivity contribution is 6.04. The molecule has 0 radical (unpaired) electrons. The summed E-state index contributed by atoms with van der Waals surface area (Å²) < 4.78 is 5.89. The van der Waals surface area contributed by atoms with Crippen LogP contribution >= 0.6 is 0 Å². The molecule has 1 N–H and O–H groups in total. The number of nitrogens with one attached hydrogen (secondary N) is 1. The Kier molecular flexibility index (Phi) is 6.67. The van der Waals surface area contributed by atoms with Crippen molar-refractivity contribution in [3.63, 3.8) is 0 Å². The molecule has 0 aromatic heterocycles. The molecule has 5 heteroatoms. The summed E-state index contributed by atoms with van der Waals surface area (Å²) in [5, 5.41) is 9.61. The second-order valence-electron chi connectivity index (χ2n) is 7.61. The lowest BCUT2D eigenvalue weighted by Crippen LogP contribution is -2.36. The fraction of sp³-hybridized carbons (Fsp3) is 0.619. The van der Waals surface area contributed by atoms with Gasteiger partial charge in [0.05, 0.1) is 12.3 Å². The molecule has 1 saturated heterocycles. The van der Waals surface area contributed by atoms with Crippen LogP contribution in [0.25, 0.3) is 0 Å². The summed E-state index contributed by atoms with van der Waals surface area (Å²) >= 11 is 0. The van der Waals surface area contributed by atoms with Crippen LogP contribution in [-0.4, -0.2) is 42.4 Å². The van der Waals surface area contributed by atoms with Crippen molar-refractivity contribution in [3.8, 4) is 5.75 Å². The van der Waals surface area contributed by atoms with E-state index >= 15 is 0 Å². The molecule has 1 atom stereocenters. The van der Waals surface area contributed by atoms with Crippen molar-refractivity contribution in [1.82, 2.24) is 10.3 Å². The summed E-state index contributed by atoms with van der Waals surface area (Å²) in [7, 11) is 0. The van der Waals surface area contributed by atoms with Crippen LogP contribution in [0.2, 0.25) is 0 Å². The van der Waals surface area contributed by atoms with Crippen LogP contribution in [0.3, 0.4) is 0 Å². The van der Waals surface area contributed by atoms with Gasteiger partial charge in [0, 0.05) is 18.9 Å². The third kappa shape index (κ3) is 5.07. The smallest absolute Gasteiger partial charge is 0.243 e. The third-order valence-electron chi connectivity index (χ3n) is 5.16. The molecular formula is C21H31N3O2. The fourth-order valence-corrected chi connectivity index (χ4v) is 3.66. The van der Waals surface area contributed by atoms with Gasteiger partial charge >= 0.3 is 0 Å². The van der Waals surface area contributed by atoms with E-state index in [0.29, 0.717) is 12.8 Å². The number of carbonyl (C=O) groups is 1. The van der Waals surface area contributed by atoms with E-state index in [2.05, 4.69) is 10.4 Å². The summed E-state index contributed by atoms with van der Waals surface area (Å²) in [6.07, 6.45) is 6.23. The van der Waals surface area contributed by atoms with Crippen molar-refractivity contribution in [1.29, 1.82) is 0 Å². The van der Waals surface area contributed by atoms with Gasteiger partial charge in [-0.05, 0) is 88.4 Å². The topological polar surface area (TPSA) is 53.9 Å². The van der Waals surface area contributed by atoms with Gasteiger partial charge in [0.15, 0.2) is 0 Å². The van der Waals surface area contributed by atoms with Crippen LogP contribution in [0.5, 0.6) is 5.75 Å². The van der Waals surface area contributed by atoms with E-state index < -0.39 is 0 Å². The molecule has 1 unspecified atom stereocenters. The first-order valence-corrected chi connectivity index (χ1v) is 9.97. The molecule has 5 nitrogen and oxygen atoms in total. The SMILES string of the molecule is CC(C)N1N=C(c2ccc(OCCCC3CCCNC3)cc2)CCC1=O. The Morgan fingerprint density at radius 2 is 2.08 bits per heavy atom. The lowest BCUT2D eigenvalue weighted by atomic mass is 9.95.